The molecule has 20 nitrogen and oxygen atoms in total. The molecule has 4 aromatic heterocycles. The van der Waals surface area contributed by atoms with Gasteiger partial charge in [-0.05, 0) is 144 Å². The van der Waals surface area contributed by atoms with Crippen molar-refractivity contribution in [3.05, 3.63) is 121 Å². The van der Waals surface area contributed by atoms with Gasteiger partial charge in [-0.2, -0.15) is 0 Å². The number of nitrogens with one attached hydrogen (secondary N) is 7. The maximum atomic E-state index is 13.4. The number of hydrogen-bond acceptors (Lipinski definition) is 13. The maximum absolute atomic E-state index is 13.4. The van der Waals surface area contributed by atoms with Crippen LogP contribution in [0.25, 0.3) is 89.7 Å². The van der Waals surface area contributed by atoms with Gasteiger partial charge in [-0.25, -0.2) is 19.9 Å². The number of carbonyl (C=O) groups is 3. The maximum Gasteiger partial charge on any atom is 0.225 e. The molecule has 3 amide bonds. The second-order valence-corrected chi connectivity index (χ2v) is 24.8. The molecule has 20 heteroatoms. The molecule has 0 unspecified atom stereocenters. The van der Waals surface area contributed by atoms with Crippen LogP contribution in [0.3, 0.4) is 0 Å². The minimum absolute atomic E-state index is 0.118. The number of likely N-dealkylation sites (N-methyl/N-ethyl adjacent to an activating group) is 2. The van der Waals surface area contributed by atoms with E-state index in [-0.39, 0.29) is 43.7 Å². The lowest BCUT2D eigenvalue weighted by molar-refractivity contribution is -0.132. The fourth-order valence-corrected chi connectivity index (χ4v) is 12.1. The van der Waals surface area contributed by atoms with Crippen molar-refractivity contribution in [3.8, 4) is 57.1 Å². The first kappa shape index (κ1) is 59.1. The quantitative estimate of drug-likeness (QED) is 0.0296. The number of rotatable bonds is 23. The lowest BCUT2D eigenvalue weighted by Gasteiger charge is -2.34. The van der Waals surface area contributed by atoms with Crippen molar-refractivity contribution in [2.75, 3.05) is 103 Å². The van der Waals surface area contributed by atoms with Gasteiger partial charge in [0.1, 0.15) is 34.8 Å². The minimum atomic E-state index is -0.796. The summed E-state index contributed by atoms with van der Waals surface area (Å²) in [6, 6.07) is 40.7. The van der Waals surface area contributed by atoms with E-state index in [1.165, 1.54) is 11.4 Å². The number of nitrogens with zero attached hydrogens (tertiary/aromatic N) is 8. The van der Waals surface area contributed by atoms with E-state index in [0.29, 0.717) is 44.0 Å². The molecule has 0 saturated carbocycles. The third-order valence-electron chi connectivity index (χ3n) is 16.7. The Morgan fingerprint density at radius 3 is 1.40 bits per heavy atom. The van der Waals surface area contributed by atoms with E-state index in [0.717, 1.165) is 142 Å². The molecule has 2 aliphatic rings. The van der Waals surface area contributed by atoms with E-state index >= 15 is 0 Å². The van der Waals surface area contributed by atoms with Crippen LogP contribution in [0, 0.1) is 5.41 Å². The molecule has 2 aliphatic heterocycles. The normalized spacial score (nSPS) is 14.5. The number of H-pyrrole nitrogens is 4. The second-order valence-electron chi connectivity index (χ2n) is 24.8. The first-order valence-electron chi connectivity index (χ1n) is 30.7. The molecule has 0 radical (unpaired) electrons. The summed E-state index contributed by atoms with van der Waals surface area (Å²) in [5.74, 6) is 4.02. The zero-order chi connectivity index (χ0) is 60.9. The topological polar surface area (TPSA) is 233 Å². The molecule has 2 saturated heterocycles. The Kier molecular flexibility index (Phi) is 17.2. The fraction of sp³-hybridized carbons (Fsp3) is 0.368. The summed E-state index contributed by atoms with van der Waals surface area (Å²) in [4.78, 5) is 82.6. The van der Waals surface area contributed by atoms with Crippen LogP contribution < -0.4 is 35.2 Å². The summed E-state index contributed by atoms with van der Waals surface area (Å²) in [7, 11) is 4.33. The molecule has 0 bridgehead atoms. The van der Waals surface area contributed by atoms with Gasteiger partial charge in [-0.3, -0.25) is 14.4 Å². The van der Waals surface area contributed by atoms with Crippen molar-refractivity contribution in [2.24, 2.45) is 5.41 Å². The standard InChI is InChI=1S/C68H79N15O5/c1-67(2,43-68(3,4)79-61(85)16-10-36-88-51-14-8-12-45(38-51)63-72-53-22-18-47(40-57(53)76-63)65-74-55-24-20-49(42-59(55)78-65)83-33-29-81(6)30-34-83)66(86)70-26-25-69-60(84)15-9-35-87-50-13-7-11-44(37-50)62-71-52-21-17-46(39-56(52)75-62)64-73-54-23-19-48(41-58(54)77-64)82-31-27-80(5)28-32-82/h7-8,11-14,17-24,37-42H,9-10,15-16,25-36,43H2,1-6H3,(H,69,84)(H,70,86)(H,71,75)(H,72,76)(H,73,77)(H,74,78)(H,79,85). The van der Waals surface area contributed by atoms with E-state index in [9.17, 15) is 14.4 Å². The van der Waals surface area contributed by atoms with Crippen LogP contribution in [0.1, 0.15) is 59.8 Å². The number of aromatic amines is 4. The van der Waals surface area contributed by atoms with Crippen LogP contribution in [-0.2, 0) is 14.4 Å². The molecular formula is C68H79N15O5. The number of ether oxygens (including phenoxy) is 2. The Balaban J connectivity index is 0.535. The Morgan fingerprint density at radius 2 is 0.909 bits per heavy atom. The predicted octanol–water partition coefficient (Wildman–Crippen LogP) is 9.93. The van der Waals surface area contributed by atoms with E-state index in [1.807, 2.05) is 100 Å². The Morgan fingerprint density at radius 1 is 0.477 bits per heavy atom. The number of carbonyl (C=O) groups excluding carboxylic acids is 3. The van der Waals surface area contributed by atoms with Crippen LogP contribution in [0.4, 0.5) is 11.4 Å². The van der Waals surface area contributed by atoms with Gasteiger partial charge in [0.15, 0.2) is 0 Å². The van der Waals surface area contributed by atoms with Crippen LogP contribution >= 0.6 is 0 Å². The second kappa shape index (κ2) is 25.6. The van der Waals surface area contributed by atoms with Crippen molar-refractivity contribution in [1.82, 2.24) is 65.6 Å². The molecule has 456 valence electrons. The van der Waals surface area contributed by atoms with Gasteiger partial charge in [0.2, 0.25) is 17.7 Å². The summed E-state index contributed by atoms with van der Waals surface area (Å²) in [6.07, 6.45) is 1.96. The average molecular weight is 1190 g/mol. The molecule has 88 heavy (non-hydrogen) atoms. The van der Waals surface area contributed by atoms with Gasteiger partial charge < -0.3 is 65.0 Å². The summed E-state index contributed by atoms with van der Waals surface area (Å²) < 4.78 is 12.2. The van der Waals surface area contributed by atoms with Crippen LogP contribution in [0.2, 0.25) is 0 Å². The molecule has 6 heterocycles. The monoisotopic (exact) mass is 1190 g/mol. The fourth-order valence-electron chi connectivity index (χ4n) is 12.1. The van der Waals surface area contributed by atoms with Gasteiger partial charge in [0.05, 0.1) is 57.3 Å². The van der Waals surface area contributed by atoms with Gasteiger partial charge in [0, 0.05) is 123 Å². The number of aromatic nitrogens is 8. The highest BCUT2D eigenvalue weighted by molar-refractivity contribution is 5.89. The number of benzene rings is 6. The van der Waals surface area contributed by atoms with Gasteiger partial charge in [-0.1, -0.05) is 38.1 Å². The average Bonchev–Trinajstić information content (AvgIpc) is 2.32. The van der Waals surface area contributed by atoms with Gasteiger partial charge in [0.25, 0.3) is 0 Å². The molecule has 12 rings (SSSR count). The summed E-state index contributed by atoms with van der Waals surface area (Å²) in [5, 5.41) is 8.99. The van der Waals surface area contributed by atoms with Crippen LogP contribution in [0.5, 0.6) is 11.5 Å². The Labute approximate surface area is 512 Å². The van der Waals surface area contributed by atoms with E-state index < -0.39 is 11.0 Å². The number of anilines is 2. The van der Waals surface area contributed by atoms with Crippen molar-refractivity contribution in [2.45, 2.75) is 65.3 Å². The summed E-state index contributed by atoms with van der Waals surface area (Å²) in [6.45, 7) is 17.1. The van der Waals surface area contributed by atoms with Crippen molar-refractivity contribution in [3.63, 3.8) is 0 Å². The zero-order valence-corrected chi connectivity index (χ0v) is 51.2. The van der Waals surface area contributed by atoms with E-state index in [4.69, 9.17) is 29.4 Å². The lowest BCUT2D eigenvalue weighted by Crippen LogP contribution is -2.50. The molecule has 0 spiro atoms. The van der Waals surface area contributed by atoms with Gasteiger partial charge >= 0.3 is 0 Å². The number of amides is 3. The molecule has 10 aromatic rings. The first-order chi connectivity index (χ1) is 42.5. The Bertz CT molecular complexity index is 4120. The molecular weight excluding hydrogens is 1110 g/mol. The van der Waals surface area contributed by atoms with Crippen LogP contribution in [-0.4, -0.2) is 166 Å². The largest absolute Gasteiger partial charge is 0.494 e. The highest BCUT2D eigenvalue weighted by atomic mass is 16.5. The Hall–Kier alpha value is -9.27. The van der Waals surface area contributed by atoms with Gasteiger partial charge in [-0.15, -0.1) is 0 Å². The highest BCUT2D eigenvalue weighted by Gasteiger charge is 2.35. The summed E-state index contributed by atoms with van der Waals surface area (Å²) >= 11 is 0. The van der Waals surface area contributed by atoms with E-state index in [1.54, 1.807) is 0 Å². The van der Waals surface area contributed by atoms with E-state index in [2.05, 4.69) is 118 Å². The zero-order valence-electron chi connectivity index (χ0n) is 51.2. The third kappa shape index (κ3) is 14.1. The number of piperazine rings is 2. The third-order valence-corrected chi connectivity index (χ3v) is 16.7. The van der Waals surface area contributed by atoms with Crippen molar-refractivity contribution in [1.29, 1.82) is 0 Å². The van der Waals surface area contributed by atoms with Crippen LogP contribution in [0.15, 0.2) is 121 Å². The smallest absolute Gasteiger partial charge is 0.225 e. The molecule has 7 N–H and O–H groups in total. The minimum Gasteiger partial charge on any atom is -0.494 e. The molecule has 6 aromatic carbocycles. The molecule has 0 atom stereocenters. The summed E-state index contributed by atoms with van der Waals surface area (Å²) in [5.41, 5.74) is 12.0. The molecule has 2 fully saturated rings. The number of fused-ring (bicyclic) bond motifs is 4. The lowest BCUT2D eigenvalue weighted by atomic mass is 9.79. The predicted molar refractivity (Wildman–Crippen MR) is 349 cm³/mol. The highest BCUT2D eigenvalue weighted by Crippen LogP contribution is 2.33. The first-order valence-corrected chi connectivity index (χ1v) is 30.7. The molecule has 0 aliphatic carbocycles. The number of hydrogen-bond donors (Lipinski definition) is 7. The van der Waals surface area contributed by atoms with Crippen molar-refractivity contribution < 1.29 is 23.9 Å². The SMILES string of the molecule is CN1CCN(c2ccc3[nH]c(-c4ccc5nc(-c6cccc(OCCCC(=O)NCCNC(=O)C(C)(C)CC(C)(C)NC(=O)CCCOc7cccc(-c8nc9ccc(-c%10nc%11cc(N%12CCN(C)CC%12)ccc%11[nH]%10)cc9[nH]8)c7)c6)[nH]c5c4)nc3c2)CC1. The van der Waals surface area contributed by atoms with Crippen molar-refractivity contribution >= 4 is 73.2 Å². The number of imidazole rings is 4.